The van der Waals surface area contributed by atoms with Gasteiger partial charge in [-0.15, -0.1) is 0 Å². The fourth-order valence-corrected chi connectivity index (χ4v) is 3.60. The van der Waals surface area contributed by atoms with Crippen LogP contribution in [0.5, 0.6) is 0 Å². The monoisotopic (exact) mass is 404 g/mol. The number of benzene rings is 1. The summed E-state index contributed by atoms with van der Waals surface area (Å²) < 4.78 is 0.387. The van der Waals surface area contributed by atoms with Gasteiger partial charge >= 0.3 is 5.97 Å². The minimum Gasteiger partial charge on any atom is -0.480 e. The molecule has 27 heavy (non-hydrogen) atoms. The second-order valence-corrected chi connectivity index (χ2v) is 7.42. The second kappa shape index (κ2) is 10.0. The molecular formula is C19H20N2O4S2. The third-order valence-corrected chi connectivity index (χ3v) is 5.21. The van der Waals surface area contributed by atoms with Crippen molar-refractivity contribution in [3.8, 4) is 0 Å². The molecule has 1 saturated heterocycles. The van der Waals surface area contributed by atoms with Crippen molar-refractivity contribution in [1.29, 1.82) is 0 Å². The quantitative estimate of drug-likeness (QED) is 0.512. The maximum atomic E-state index is 12.4. The number of carbonyl (C=O) groups excluding carboxylic acids is 2. The number of carbonyl (C=O) groups is 3. The Morgan fingerprint density at radius 3 is 2.67 bits per heavy atom. The van der Waals surface area contributed by atoms with Gasteiger partial charge in [0.1, 0.15) is 10.4 Å². The number of thiocarbonyl (C=S) groups is 1. The van der Waals surface area contributed by atoms with Crippen molar-refractivity contribution in [3.05, 3.63) is 53.0 Å². The van der Waals surface area contributed by atoms with Crippen molar-refractivity contribution < 1.29 is 19.5 Å². The molecule has 0 aliphatic carbocycles. The Balaban J connectivity index is 1.91. The Morgan fingerprint density at radius 2 is 2.04 bits per heavy atom. The molecule has 0 spiro atoms. The highest BCUT2D eigenvalue weighted by atomic mass is 32.2. The predicted octanol–water partition coefficient (Wildman–Crippen LogP) is 2.81. The number of hydrogen-bond acceptors (Lipinski definition) is 5. The summed E-state index contributed by atoms with van der Waals surface area (Å²) >= 11 is 6.40. The Bertz CT molecular complexity index is 790. The summed E-state index contributed by atoms with van der Waals surface area (Å²) in [5.41, 5.74) is 1.02. The van der Waals surface area contributed by atoms with Crippen molar-refractivity contribution in [2.45, 2.75) is 25.8 Å². The molecule has 1 unspecified atom stereocenters. The van der Waals surface area contributed by atoms with Crippen molar-refractivity contribution in [2.75, 3.05) is 6.54 Å². The van der Waals surface area contributed by atoms with E-state index in [1.807, 2.05) is 36.4 Å². The maximum Gasteiger partial charge on any atom is 0.326 e. The zero-order chi connectivity index (χ0) is 19.8. The van der Waals surface area contributed by atoms with Gasteiger partial charge in [0.05, 0.1) is 4.91 Å². The number of nitrogens with zero attached hydrogens (tertiary/aromatic N) is 1. The maximum absolute atomic E-state index is 12.4. The molecule has 1 aliphatic heterocycles. The van der Waals surface area contributed by atoms with Crippen molar-refractivity contribution in [2.24, 2.45) is 0 Å². The molecule has 0 saturated carbocycles. The van der Waals surface area contributed by atoms with Crippen LogP contribution >= 0.6 is 24.0 Å². The first kappa shape index (κ1) is 20.9. The van der Waals surface area contributed by atoms with Gasteiger partial charge in [0.2, 0.25) is 5.91 Å². The van der Waals surface area contributed by atoms with Crippen LogP contribution in [0.4, 0.5) is 0 Å². The van der Waals surface area contributed by atoms with Crippen LogP contribution in [-0.2, 0) is 14.4 Å². The van der Waals surface area contributed by atoms with Gasteiger partial charge in [-0.3, -0.25) is 14.5 Å². The number of aliphatic carboxylic acids is 1. The fourth-order valence-electron chi connectivity index (χ4n) is 2.34. The van der Waals surface area contributed by atoms with Crippen LogP contribution in [0.25, 0.3) is 6.08 Å². The summed E-state index contributed by atoms with van der Waals surface area (Å²) in [7, 11) is 0. The van der Waals surface area contributed by atoms with E-state index in [0.717, 1.165) is 5.56 Å². The summed E-state index contributed by atoms with van der Waals surface area (Å²) in [4.78, 5) is 37.2. The second-order valence-electron chi connectivity index (χ2n) is 5.74. The summed E-state index contributed by atoms with van der Waals surface area (Å²) in [6.45, 7) is 1.79. The molecule has 142 valence electrons. The lowest BCUT2D eigenvalue weighted by atomic mass is 10.2. The summed E-state index contributed by atoms with van der Waals surface area (Å²) in [5.74, 6) is -1.75. The standard InChI is InChI=1S/C19H20N2O4S2/c1-2-14(18(24)25)20-16(22)11-12-21-17(23)15(27-19(21)26)10-6-9-13-7-4-3-5-8-13/h3-10,14H,2,11-12H2,1H3,(H,20,22)(H,24,25)/b9-6-,15-10+. The first-order valence-corrected chi connectivity index (χ1v) is 9.64. The smallest absolute Gasteiger partial charge is 0.326 e. The molecule has 2 amide bonds. The average Bonchev–Trinajstić information content (AvgIpc) is 2.92. The summed E-state index contributed by atoms with van der Waals surface area (Å²) in [6.07, 6.45) is 5.65. The van der Waals surface area contributed by atoms with E-state index in [4.69, 9.17) is 17.3 Å². The molecule has 8 heteroatoms. The van der Waals surface area contributed by atoms with Gasteiger partial charge in [-0.05, 0) is 18.1 Å². The Hall–Kier alpha value is -2.45. The van der Waals surface area contributed by atoms with Gasteiger partial charge in [0.15, 0.2) is 0 Å². The lowest BCUT2D eigenvalue weighted by molar-refractivity contribution is -0.142. The minimum absolute atomic E-state index is 0.0106. The Kier molecular flexibility index (Phi) is 7.75. The SMILES string of the molecule is CCC(NC(=O)CCN1C(=O)/C(=C\C=C/c2ccccc2)SC1=S)C(=O)O. The van der Waals surface area contributed by atoms with Crippen molar-refractivity contribution in [3.63, 3.8) is 0 Å². The van der Waals surface area contributed by atoms with Crippen LogP contribution in [-0.4, -0.2) is 44.7 Å². The van der Waals surface area contributed by atoms with Crippen LogP contribution in [0.3, 0.4) is 0 Å². The molecule has 2 rings (SSSR count). The average molecular weight is 405 g/mol. The van der Waals surface area contributed by atoms with E-state index in [2.05, 4.69) is 5.32 Å². The lowest BCUT2D eigenvalue weighted by Crippen LogP contribution is -2.42. The fraction of sp³-hybridized carbons (Fsp3) is 0.263. The third-order valence-electron chi connectivity index (χ3n) is 3.81. The van der Waals surface area contributed by atoms with Gasteiger partial charge in [-0.1, -0.05) is 73.4 Å². The van der Waals surface area contributed by atoms with E-state index >= 15 is 0 Å². The van der Waals surface area contributed by atoms with E-state index in [0.29, 0.717) is 15.6 Å². The number of thioether (sulfide) groups is 1. The van der Waals surface area contributed by atoms with Crippen LogP contribution in [0.2, 0.25) is 0 Å². The molecule has 1 heterocycles. The number of carboxylic acids is 1. The van der Waals surface area contributed by atoms with Crippen molar-refractivity contribution in [1.82, 2.24) is 10.2 Å². The first-order chi connectivity index (χ1) is 12.9. The van der Waals surface area contributed by atoms with Crippen LogP contribution in [0, 0.1) is 0 Å². The number of hydrogen-bond donors (Lipinski definition) is 2. The van der Waals surface area contributed by atoms with E-state index in [1.165, 1.54) is 16.7 Å². The van der Waals surface area contributed by atoms with E-state index in [-0.39, 0.29) is 18.9 Å². The molecule has 1 aromatic rings. The molecule has 2 N–H and O–H groups in total. The number of nitrogens with one attached hydrogen (secondary N) is 1. The van der Waals surface area contributed by atoms with Gasteiger partial charge in [-0.25, -0.2) is 4.79 Å². The molecule has 0 aromatic heterocycles. The van der Waals surface area contributed by atoms with Crippen LogP contribution in [0.15, 0.2) is 47.4 Å². The normalized spacial score (nSPS) is 16.9. The molecule has 1 aliphatic rings. The molecule has 6 nitrogen and oxygen atoms in total. The Morgan fingerprint density at radius 1 is 1.33 bits per heavy atom. The summed E-state index contributed by atoms with van der Waals surface area (Å²) in [6, 6.07) is 8.77. The number of rotatable bonds is 8. The first-order valence-electron chi connectivity index (χ1n) is 8.41. The minimum atomic E-state index is -1.08. The van der Waals surface area contributed by atoms with Gasteiger partial charge in [-0.2, -0.15) is 0 Å². The van der Waals surface area contributed by atoms with Gasteiger partial charge < -0.3 is 10.4 Å². The number of amides is 2. The molecule has 1 aromatic carbocycles. The molecule has 0 bridgehead atoms. The predicted molar refractivity (Wildman–Crippen MR) is 110 cm³/mol. The largest absolute Gasteiger partial charge is 0.480 e. The van der Waals surface area contributed by atoms with E-state index in [9.17, 15) is 14.4 Å². The molecule has 1 atom stereocenters. The lowest BCUT2D eigenvalue weighted by Gasteiger charge is -2.16. The van der Waals surface area contributed by atoms with Crippen LogP contribution in [0.1, 0.15) is 25.3 Å². The zero-order valence-electron chi connectivity index (χ0n) is 14.8. The molecule has 1 fully saturated rings. The van der Waals surface area contributed by atoms with E-state index in [1.54, 1.807) is 19.1 Å². The molecule has 0 radical (unpaired) electrons. The van der Waals surface area contributed by atoms with Gasteiger partial charge in [0.25, 0.3) is 5.91 Å². The summed E-state index contributed by atoms with van der Waals surface area (Å²) in [5, 5.41) is 11.4. The number of carboxylic acid groups (broad SMARTS) is 1. The Labute approximate surface area is 167 Å². The third kappa shape index (κ3) is 6.04. The number of allylic oxidation sites excluding steroid dienone is 2. The molecular weight excluding hydrogens is 384 g/mol. The highest BCUT2D eigenvalue weighted by molar-refractivity contribution is 8.26. The topological polar surface area (TPSA) is 86.7 Å². The zero-order valence-corrected chi connectivity index (χ0v) is 16.4. The highest BCUT2D eigenvalue weighted by Gasteiger charge is 2.31. The van der Waals surface area contributed by atoms with Crippen molar-refractivity contribution >= 4 is 52.2 Å². The van der Waals surface area contributed by atoms with Gasteiger partial charge in [0, 0.05) is 13.0 Å². The van der Waals surface area contributed by atoms with Crippen LogP contribution < -0.4 is 5.32 Å². The van der Waals surface area contributed by atoms with E-state index < -0.39 is 17.9 Å². The highest BCUT2D eigenvalue weighted by Crippen LogP contribution is 2.31.